The molecule has 6 heteroatoms. The van der Waals surface area contributed by atoms with Gasteiger partial charge >= 0.3 is 0 Å². The molecule has 0 aliphatic carbocycles. The molecule has 0 heterocycles. The van der Waals surface area contributed by atoms with Gasteiger partial charge in [-0.25, -0.2) is 0 Å². The van der Waals surface area contributed by atoms with Crippen molar-refractivity contribution in [2.24, 2.45) is 0 Å². The third kappa shape index (κ3) is 3.61. The maximum atomic E-state index is 6.14. The average molecular weight is 440 g/mol. The lowest BCUT2D eigenvalue weighted by Crippen LogP contribution is -2.03. The highest BCUT2D eigenvalue weighted by Crippen LogP contribution is 2.35. The van der Waals surface area contributed by atoms with Gasteiger partial charge in [-0.3, -0.25) is 0 Å². The van der Waals surface area contributed by atoms with Gasteiger partial charge in [0.1, 0.15) is 5.75 Å². The molecule has 1 N–H and O–H groups in total. The lowest BCUT2D eigenvalue weighted by atomic mass is 10.2. The highest BCUT2D eigenvalue weighted by Gasteiger charge is 2.11. The van der Waals surface area contributed by atoms with Gasteiger partial charge < -0.3 is 10.1 Å². The summed E-state index contributed by atoms with van der Waals surface area (Å²) in [6, 6.07) is 9.33. The lowest BCUT2D eigenvalue weighted by Gasteiger charge is -2.14. The van der Waals surface area contributed by atoms with Gasteiger partial charge in [-0.1, -0.05) is 45.2 Å². The first kappa shape index (κ1) is 16.0. The van der Waals surface area contributed by atoms with Gasteiger partial charge in [0.05, 0.1) is 27.3 Å². The fraction of sp³-hybridized carbons (Fsp3) is 0.143. The normalized spacial score (nSPS) is 10.4. The summed E-state index contributed by atoms with van der Waals surface area (Å²) in [5.41, 5.74) is 1.71. The van der Waals surface area contributed by atoms with Gasteiger partial charge in [-0.05, 0) is 40.2 Å². The lowest BCUT2D eigenvalue weighted by molar-refractivity contribution is 0.407. The molecule has 0 saturated carbocycles. The van der Waals surface area contributed by atoms with Crippen molar-refractivity contribution in [3.63, 3.8) is 0 Å². The SMILES string of the molecule is COc1c(Br)cc(Br)cc1CNc1c(Cl)cccc1Cl. The molecule has 2 nitrogen and oxygen atoms in total. The molecule has 0 bridgehead atoms. The molecule has 0 fully saturated rings. The summed E-state index contributed by atoms with van der Waals surface area (Å²) in [7, 11) is 1.64. The van der Waals surface area contributed by atoms with Crippen LogP contribution in [0.1, 0.15) is 5.56 Å². The zero-order valence-electron chi connectivity index (χ0n) is 10.5. The molecule has 0 spiro atoms. The maximum Gasteiger partial charge on any atom is 0.138 e. The quantitative estimate of drug-likeness (QED) is 0.617. The number of hydrogen-bond acceptors (Lipinski definition) is 2. The molecule has 20 heavy (non-hydrogen) atoms. The van der Waals surface area contributed by atoms with Crippen molar-refractivity contribution in [2.75, 3.05) is 12.4 Å². The van der Waals surface area contributed by atoms with E-state index in [9.17, 15) is 0 Å². The number of hydrogen-bond donors (Lipinski definition) is 1. The fourth-order valence-corrected chi connectivity index (χ4v) is 3.83. The van der Waals surface area contributed by atoms with Crippen LogP contribution in [0.2, 0.25) is 10.0 Å². The minimum absolute atomic E-state index is 0.546. The molecular formula is C14H11Br2Cl2NO. The highest BCUT2D eigenvalue weighted by molar-refractivity contribution is 9.11. The Bertz CT molecular complexity index is 615. The van der Waals surface area contributed by atoms with Crippen molar-refractivity contribution in [1.82, 2.24) is 0 Å². The second kappa shape index (κ2) is 7.03. The molecule has 0 aliphatic rings. The van der Waals surface area contributed by atoms with Crippen LogP contribution in [-0.2, 0) is 6.54 Å². The van der Waals surface area contributed by atoms with Crippen LogP contribution in [-0.4, -0.2) is 7.11 Å². The first-order valence-electron chi connectivity index (χ1n) is 5.72. The van der Waals surface area contributed by atoms with Crippen LogP contribution in [0.25, 0.3) is 0 Å². The minimum Gasteiger partial charge on any atom is -0.495 e. The summed E-state index contributed by atoms with van der Waals surface area (Å²) in [6.07, 6.45) is 0. The van der Waals surface area contributed by atoms with E-state index in [1.54, 1.807) is 19.2 Å². The molecule has 2 aromatic carbocycles. The predicted octanol–water partition coefficient (Wildman–Crippen LogP) is 6.14. The molecule has 2 aromatic rings. The van der Waals surface area contributed by atoms with Gasteiger partial charge in [-0.15, -0.1) is 0 Å². The molecule has 0 aromatic heterocycles. The molecule has 106 valence electrons. The minimum atomic E-state index is 0.546. The Hall–Kier alpha value is -0.420. The molecule has 0 saturated heterocycles. The van der Waals surface area contributed by atoms with E-state index in [2.05, 4.69) is 37.2 Å². The van der Waals surface area contributed by atoms with E-state index in [0.29, 0.717) is 22.3 Å². The summed E-state index contributed by atoms with van der Waals surface area (Å²) in [5, 5.41) is 4.42. The number of anilines is 1. The van der Waals surface area contributed by atoms with Gasteiger partial charge in [-0.2, -0.15) is 0 Å². The molecule has 0 radical (unpaired) electrons. The Labute approximate surface area is 144 Å². The number of methoxy groups -OCH3 is 1. The number of rotatable bonds is 4. The molecule has 0 atom stereocenters. The molecular weight excluding hydrogens is 429 g/mol. The van der Waals surface area contributed by atoms with Crippen LogP contribution < -0.4 is 10.1 Å². The third-order valence-corrected chi connectivity index (χ3v) is 4.38. The van der Waals surface area contributed by atoms with Crippen LogP contribution in [0.5, 0.6) is 5.75 Å². The Kier molecular flexibility index (Phi) is 5.61. The predicted molar refractivity (Wildman–Crippen MR) is 92.2 cm³/mol. The first-order chi connectivity index (χ1) is 9.52. The third-order valence-electron chi connectivity index (χ3n) is 2.71. The van der Waals surface area contributed by atoms with Crippen LogP contribution >= 0.6 is 55.1 Å². The number of ether oxygens (including phenoxy) is 1. The van der Waals surface area contributed by atoms with E-state index in [4.69, 9.17) is 27.9 Å². The fourth-order valence-electron chi connectivity index (χ4n) is 1.82. The van der Waals surface area contributed by atoms with Crippen LogP contribution in [0.3, 0.4) is 0 Å². The Balaban J connectivity index is 2.27. The second-order valence-corrected chi connectivity index (χ2v) is 6.61. The Morgan fingerprint density at radius 1 is 1.15 bits per heavy atom. The average Bonchev–Trinajstić information content (AvgIpc) is 2.37. The van der Waals surface area contributed by atoms with E-state index in [1.165, 1.54) is 0 Å². The van der Waals surface area contributed by atoms with E-state index in [1.807, 2.05) is 18.2 Å². The molecule has 0 aliphatic heterocycles. The molecule has 2 rings (SSSR count). The van der Waals surface area contributed by atoms with E-state index < -0.39 is 0 Å². The summed E-state index contributed by atoms with van der Waals surface area (Å²) >= 11 is 19.2. The Morgan fingerprint density at radius 2 is 1.80 bits per heavy atom. The van der Waals surface area contributed by atoms with Crippen molar-refractivity contribution in [2.45, 2.75) is 6.54 Å². The summed E-state index contributed by atoms with van der Waals surface area (Å²) in [4.78, 5) is 0. The van der Waals surface area contributed by atoms with Gasteiger partial charge in [0, 0.05) is 16.6 Å². The first-order valence-corrected chi connectivity index (χ1v) is 8.07. The van der Waals surface area contributed by atoms with Crippen molar-refractivity contribution < 1.29 is 4.74 Å². The molecule has 0 unspecified atom stereocenters. The zero-order chi connectivity index (χ0) is 14.7. The van der Waals surface area contributed by atoms with Crippen LogP contribution in [0.4, 0.5) is 5.69 Å². The number of benzene rings is 2. The summed E-state index contributed by atoms with van der Waals surface area (Å²) < 4.78 is 7.26. The maximum absolute atomic E-state index is 6.14. The monoisotopic (exact) mass is 437 g/mol. The largest absolute Gasteiger partial charge is 0.495 e. The van der Waals surface area contributed by atoms with E-state index in [0.717, 1.165) is 20.3 Å². The van der Waals surface area contributed by atoms with Crippen LogP contribution in [0.15, 0.2) is 39.3 Å². The second-order valence-electron chi connectivity index (χ2n) is 4.03. The van der Waals surface area contributed by atoms with Gasteiger partial charge in [0.25, 0.3) is 0 Å². The van der Waals surface area contributed by atoms with Crippen molar-refractivity contribution in [3.05, 3.63) is 54.9 Å². The highest BCUT2D eigenvalue weighted by atomic mass is 79.9. The standard InChI is InChI=1S/C14H11Br2Cl2NO/c1-20-14-8(5-9(15)6-10(14)16)7-19-13-11(17)3-2-4-12(13)18/h2-6,19H,7H2,1H3. The zero-order valence-corrected chi connectivity index (χ0v) is 15.2. The van der Waals surface area contributed by atoms with Gasteiger partial charge in [0.2, 0.25) is 0 Å². The van der Waals surface area contributed by atoms with Crippen LogP contribution in [0, 0.1) is 0 Å². The van der Waals surface area contributed by atoms with Crippen molar-refractivity contribution in [3.8, 4) is 5.75 Å². The number of nitrogens with one attached hydrogen (secondary N) is 1. The van der Waals surface area contributed by atoms with E-state index >= 15 is 0 Å². The topological polar surface area (TPSA) is 21.3 Å². The van der Waals surface area contributed by atoms with E-state index in [-0.39, 0.29) is 0 Å². The summed E-state index contributed by atoms with van der Waals surface area (Å²) in [6.45, 7) is 0.546. The summed E-state index contributed by atoms with van der Waals surface area (Å²) in [5.74, 6) is 0.781. The Morgan fingerprint density at radius 3 is 2.40 bits per heavy atom. The molecule has 0 amide bonds. The van der Waals surface area contributed by atoms with Crippen molar-refractivity contribution in [1.29, 1.82) is 0 Å². The number of para-hydroxylation sites is 1. The van der Waals surface area contributed by atoms with Gasteiger partial charge in [0.15, 0.2) is 0 Å². The number of halogens is 4. The van der Waals surface area contributed by atoms with Crippen molar-refractivity contribution >= 4 is 60.7 Å². The smallest absolute Gasteiger partial charge is 0.138 e.